The Bertz CT molecular complexity index is 1160. The molecule has 0 spiro atoms. The van der Waals surface area contributed by atoms with Crippen LogP contribution in [0.4, 0.5) is 0 Å². The number of H-pyrrole nitrogens is 1. The number of fused-ring (bicyclic) bond motifs is 5. The number of esters is 1. The van der Waals surface area contributed by atoms with E-state index in [4.69, 9.17) is 14.2 Å². The molecule has 4 atom stereocenters. The summed E-state index contributed by atoms with van der Waals surface area (Å²) in [6.07, 6.45) is 2.42. The highest BCUT2D eigenvalue weighted by atomic mass is 16.5. The third-order valence-corrected chi connectivity index (χ3v) is 7.36. The van der Waals surface area contributed by atoms with Gasteiger partial charge in [0.15, 0.2) is 0 Å². The summed E-state index contributed by atoms with van der Waals surface area (Å²) in [5.41, 5.74) is 4.71. The molecule has 1 saturated heterocycles. The van der Waals surface area contributed by atoms with E-state index >= 15 is 0 Å². The highest BCUT2D eigenvalue weighted by Crippen LogP contribution is 2.49. The van der Waals surface area contributed by atoms with Gasteiger partial charge in [-0.2, -0.15) is 0 Å². The van der Waals surface area contributed by atoms with Crippen molar-refractivity contribution in [3.05, 3.63) is 65.4 Å². The molecule has 3 heterocycles. The molecule has 3 aromatic rings. The van der Waals surface area contributed by atoms with E-state index in [1.165, 1.54) is 23.8 Å². The number of rotatable bonds is 7. The number of benzene rings is 2. The first kappa shape index (κ1) is 22.9. The number of piperidine rings is 1. The highest BCUT2D eigenvalue weighted by molar-refractivity contribution is 5.87. The molecule has 0 radical (unpaired) electrons. The van der Waals surface area contributed by atoms with Crippen molar-refractivity contribution in [2.75, 3.05) is 34.5 Å². The summed E-state index contributed by atoms with van der Waals surface area (Å²) >= 11 is 0. The smallest absolute Gasteiger partial charge is 0.323 e. The van der Waals surface area contributed by atoms with Crippen LogP contribution in [0.1, 0.15) is 41.7 Å². The summed E-state index contributed by atoms with van der Waals surface area (Å²) < 4.78 is 16.1. The Kier molecular flexibility index (Phi) is 6.59. The van der Waals surface area contributed by atoms with E-state index in [0.29, 0.717) is 13.0 Å². The van der Waals surface area contributed by atoms with Crippen molar-refractivity contribution in [2.45, 2.75) is 43.4 Å². The van der Waals surface area contributed by atoms with Crippen LogP contribution < -0.4 is 10.1 Å². The molecule has 34 heavy (non-hydrogen) atoms. The number of carbonyl (C=O) groups is 1. The van der Waals surface area contributed by atoms with Crippen LogP contribution in [0, 0.1) is 0 Å². The fraction of sp³-hybridized carbons (Fsp3) is 0.444. The molecule has 1 fully saturated rings. The molecule has 0 amide bonds. The van der Waals surface area contributed by atoms with Crippen molar-refractivity contribution in [1.82, 2.24) is 15.2 Å². The van der Waals surface area contributed by atoms with Crippen LogP contribution in [0.5, 0.6) is 5.75 Å². The van der Waals surface area contributed by atoms with E-state index in [0.717, 1.165) is 36.2 Å². The van der Waals surface area contributed by atoms with Crippen molar-refractivity contribution in [2.24, 2.45) is 0 Å². The molecular formula is C27H33N3O4. The lowest BCUT2D eigenvalue weighted by atomic mass is 9.79. The predicted molar refractivity (Wildman–Crippen MR) is 131 cm³/mol. The molecule has 2 N–H and O–H groups in total. The molecule has 0 bridgehead atoms. The van der Waals surface area contributed by atoms with E-state index < -0.39 is 0 Å². The summed E-state index contributed by atoms with van der Waals surface area (Å²) in [5, 5.41) is 4.89. The van der Waals surface area contributed by atoms with Crippen LogP contribution in [0.15, 0.2) is 48.5 Å². The Hall–Kier alpha value is -2.87. The van der Waals surface area contributed by atoms with Crippen LogP contribution in [-0.4, -0.2) is 62.4 Å². The van der Waals surface area contributed by atoms with E-state index in [9.17, 15) is 4.79 Å². The Balaban J connectivity index is 1.62. The number of hydrogen-bond acceptors (Lipinski definition) is 6. The quantitative estimate of drug-likeness (QED) is 0.411. The lowest BCUT2D eigenvalue weighted by molar-refractivity contribution is -0.152. The molecular weight excluding hydrogens is 430 g/mol. The summed E-state index contributed by atoms with van der Waals surface area (Å²) in [6, 6.07) is 16.6. The molecule has 0 unspecified atom stereocenters. The van der Waals surface area contributed by atoms with Crippen LogP contribution in [0.25, 0.3) is 10.9 Å². The Morgan fingerprint density at radius 2 is 1.91 bits per heavy atom. The van der Waals surface area contributed by atoms with Crippen molar-refractivity contribution in [1.29, 1.82) is 0 Å². The van der Waals surface area contributed by atoms with Gasteiger partial charge in [-0.1, -0.05) is 30.3 Å². The number of aromatic amines is 1. The third-order valence-electron chi connectivity index (χ3n) is 7.36. The Labute approximate surface area is 200 Å². The molecule has 0 saturated carbocycles. The average Bonchev–Trinajstić information content (AvgIpc) is 3.26. The fourth-order valence-electron chi connectivity index (χ4n) is 5.85. The van der Waals surface area contributed by atoms with Gasteiger partial charge in [0.05, 0.1) is 26.9 Å². The second kappa shape index (κ2) is 9.78. The minimum Gasteiger partial charge on any atom is -0.497 e. The number of carbonyl (C=O) groups excluding carboxylic acids is 1. The molecule has 5 rings (SSSR count). The van der Waals surface area contributed by atoms with E-state index in [1.54, 1.807) is 14.2 Å². The van der Waals surface area contributed by atoms with Crippen molar-refractivity contribution in [3.63, 3.8) is 0 Å². The van der Waals surface area contributed by atoms with Gasteiger partial charge in [-0.15, -0.1) is 0 Å². The zero-order valence-corrected chi connectivity index (χ0v) is 20.0. The number of methoxy groups -OCH3 is 3. The number of aromatic nitrogens is 1. The molecule has 1 aromatic heterocycles. The van der Waals surface area contributed by atoms with Gasteiger partial charge in [-0.25, -0.2) is 0 Å². The van der Waals surface area contributed by atoms with Crippen molar-refractivity contribution >= 4 is 16.9 Å². The van der Waals surface area contributed by atoms with Gasteiger partial charge >= 0.3 is 5.97 Å². The number of ether oxygens (including phenoxy) is 3. The van der Waals surface area contributed by atoms with Gasteiger partial charge < -0.3 is 24.5 Å². The van der Waals surface area contributed by atoms with Gasteiger partial charge in [0, 0.05) is 48.8 Å². The minimum absolute atomic E-state index is 0.0394. The average molecular weight is 464 g/mol. The number of nitrogens with zero attached hydrogens (tertiary/aromatic N) is 1. The Morgan fingerprint density at radius 3 is 2.71 bits per heavy atom. The maximum absolute atomic E-state index is 13.2. The topological polar surface area (TPSA) is 75.8 Å². The predicted octanol–water partition coefficient (Wildman–Crippen LogP) is 3.76. The summed E-state index contributed by atoms with van der Waals surface area (Å²) in [7, 11) is 4.90. The monoisotopic (exact) mass is 463 g/mol. The van der Waals surface area contributed by atoms with E-state index in [-0.39, 0.29) is 30.1 Å². The minimum atomic E-state index is -0.349. The second-order valence-electron chi connectivity index (χ2n) is 9.18. The maximum Gasteiger partial charge on any atom is 0.323 e. The normalized spacial score (nSPS) is 24.4. The molecule has 180 valence electrons. The van der Waals surface area contributed by atoms with Crippen LogP contribution in [-0.2, 0) is 20.7 Å². The zero-order chi connectivity index (χ0) is 23.7. The molecule has 2 aromatic carbocycles. The van der Waals surface area contributed by atoms with Crippen LogP contribution >= 0.6 is 0 Å². The maximum atomic E-state index is 13.2. The Morgan fingerprint density at radius 1 is 1.09 bits per heavy atom. The third kappa shape index (κ3) is 4.08. The SMILES string of the molecule is COCCN[C@@H]1C[C@@H]2c3[nH]c4ccccc4c3C[C@@H](C(=O)OC)N2[C@H](c2cccc(OC)c2)C1. The highest BCUT2D eigenvalue weighted by Gasteiger charge is 2.48. The summed E-state index contributed by atoms with van der Waals surface area (Å²) in [5.74, 6) is 0.640. The van der Waals surface area contributed by atoms with Crippen LogP contribution in [0.3, 0.4) is 0 Å². The van der Waals surface area contributed by atoms with Crippen molar-refractivity contribution in [3.8, 4) is 5.75 Å². The largest absolute Gasteiger partial charge is 0.497 e. The van der Waals surface area contributed by atoms with Gasteiger partial charge in [0.25, 0.3) is 0 Å². The fourth-order valence-corrected chi connectivity index (χ4v) is 5.85. The number of hydrogen-bond donors (Lipinski definition) is 2. The summed E-state index contributed by atoms with van der Waals surface area (Å²) in [4.78, 5) is 19.2. The zero-order valence-electron chi connectivity index (χ0n) is 20.0. The standard InChI is InChI=1S/C27H33N3O4/c1-32-12-11-28-18-14-23(17-7-6-8-19(13-17)33-2)30-24(15-18)26-21(16-25(30)27(31)34-3)20-9-4-5-10-22(20)29-26/h4-10,13,18,23-25,28-29H,11-12,14-16H2,1-3H3/t18-,23-,24+,25-/m0/s1. The lowest BCUT2D eigenvalue weighted by Crippen LogP contribution is -2.55. The number of nitrogens with one attached hydrogen (secondary N) is 2. The molecule has 2 aliphatic rings. The molecule has 7 heteroatoms. The first-order chi connectivity index (χ1) is 16.6. The molecule has 7 nitrogen and oxygen atoms in total. The van der Waals surface area contributed by atoms with Gasteiger partial charge in [0.1, 0.15) is 11.8 Å². The van der Waals surface area contributed by atoms with E-state index in [2.05, 4.69) is 51.6 Å². The molecule has 0 aliphatic carbocycles. The first-order valence-corrected chi connectivity index (χ1v) is 12.0. The van der Waals surface area contributed by atoms with Gasteiger partial charge in [-0.05, 0) is 42.2 Å². The molecule has 2 aliphatic heterocycles. The van der Waals surface area contributed by atoms with E-state index in [1.807, 2.05) is 12.1 Å². The number of para-hydroxylation sites is 1. The second-order valence-corrected chi connectivity index (χ2v) is 9.18. The first-order valence-electron chi connectivity index (χ1n) is 12.0. The van der Waals surface area contributed by atoms with Crippen LogP contribution in [0.2, 0.25) is 0 Å². The summed E-state index contributed by atoms with van der Waals surface area (Å²) in [6.45, 7) is 1.45. The van der Waals surface area contributed by atoms with Gasteiger partial charge in [0.2, 0.25) is 0 Å². The van der Waals surface area contributed by atoms with Crippen molar-refractivity contribution < 1.29 is 19.0 Å². The lowest BCUT2D eigenvalue weighted by Gasteiger charge is -2.50. The van der Waals surface area contributed by atoms with Gasteiger partial charge in [-0.3, -0.25) is 9.69 Å².